The highest BCUT2D eigenvalue weighted by Crippen LogP contribution is 2.16. The Morgan fingerprint density at radius 2 is 1.83 bits per heavy atom. The van der Waals surface area contributed by atoms with Crippen LogP contribution in [0.4, 0.5) is 5.69 Å². The van der Waals surface area contributed by atoms with Gasteiger partial charge in [0.25, 0.3) is 0 Å². The van der Waals surface area contributed by atoms with Gasteiger partial charge in [-0.2, -0.15) is 0 Å². The van der Waals surface area contributed by atoms with Crippen molar-refractivity contribution >= 4 is 17.5 Å². The molecule has 0 heterocycles. The van der Waals surface area contributed by atoms with Gasteiger partial charge in [-0.05, 0) is 55.2 Å². The van der Waals surface area contributed by atoms with E-state index in [-0.39, 0.29) is 5.75 Å². The van der Waals surface area contributed by atoms with Gasteiger partial charge in [-0.3, -0.25) is 9.59 Å². The summed E-state index contributed by atoms with van der Waals surface area (Å²) in [5.74, 6) is -1.18. The van der Waals surface area contributed by atoms with Crippen molar-refractivity contribution in [2.24, 2.45) is 0 Å². The summed E-state index contributed by atoms with van der Waals surface area (Å²) in [6.45, 7) is 4.11. The zero-order valence-electron chi connectivity index (χ0n) is 13.2. The maximum absolute atomic E-state index is 11.9. The summed E-state index contributed by atoms with van der Waals surface area (Å²) in [4.78, 5) is 23.7. The van der Waals surface area contributed by atoms with Crippen molar-refractivity contribution in [2.75, 3.05) is 11.9 Å². The van der Waals surface area contributed by atoms with Crippen molar-refractivity contribution in [3.05, 3.63) is 59.2 Å². The van der Waals surface area contributed by atoms with Crippen molar-refractivity contribution in [3.63, 3.8) is 0 Å². The minimum absolute atomic E-state index is 0.182. The van der Waals surface area contributed by atoms with E-state index in [0.717, 1.165) is 16.7 Å². The van der Waals surface area contributed by atoms with E-state index in [1.165, 1.54) is 0 Å². The molecule has 0 bridgehead atoms. The van der Waals surface area contributed by atoms with Gasteiger partial charge in [0.1, 0.15) is 5.75 Å². The van der Waals surface area contributed by atoms with E-state index in [1.54, 1.807) is 18.2 Å². The SMILES string of the molecule is Cc1ccc(C)c(NC(=O)C(=O)NCCc2cccc(O)c2)c1. The molecule has 2 aromatic rings. The van der Waals surface area contributed by atoms with Gasteiger partial charge >= 0.3 is 11.8 Å². The Hall–Kier alpha value is -2.82. The van der Waals surface area contributed by atoms with Crippen molar-refractivity contribution < 1.29 is 14.7 Å². The van der Waals surface area contributed by atoms with E-state index in [1.807, 2.05) is 38.1 Å². The number of carbonyl (C=O) groups is 2. The second-order valence-corrected chi connectivity index (χ2v) is 5.45. The maximum atomic E-state index is 11.9. The Balaban J connectivity index is 1.85. The van der Waals surface area contributed by atoms with E-state index in [9.17, 15) is 14.7 Å². The molecule has 0 spiro atoms. The Labute approximate surface area is 135 Å². The standard InChI is InChI=1S/C18H20N2O3/c1-12-6-7-13(2)16(10-12)20-18(23)17(22)19-9-8-14-4-3-5-15(21)11-14/h3-7,10-11,21H,8-9H2,1-2H3,(H,19,22)(H,20,23). The molecule has 0 saturated carbocycles. The van der Waals surface area contributed by atoms with E-state index in [4.69, 9.17) is 0 Å². The van der Waals surface area contributed by atoms with Gasteiger partial charge in [-0.1, -0.05) is 24.3 Å². The summed E-state index contributed by atoms with van der Waals surface area (Å²) < 4.78 is 0. The molecule has 0 aliphatic carbocycles. The highest BCUT2D eigenvalue weighted by Gasteiger charge is 2.14. The van der Waals surface area contributed by atoms with Crippen LogP contribution in [0.3, 0.4) is 0 Å². The zero-order valence-corrected chi connectivity index (χ0v) is 13.2. The largest absolute Gasteiger partial charge is 0.508 e. The number of hydrogen-bond donors (Lipinski definition) is 3. The molecule has 0 radical (unpaired) electrons. The number of benzene rings is 2. The Kier molecular flexibility index (Phi) is 5.36. The quantitative estimate of drug-likeness (QED) is 0.758. The molecule has 5 heteroatoms. The Morgan fingerprint density at radius 1 is 1.04 bits per heavy atom. The first-order valence-electron chi connectivity index (χ1n) is 7.40. The van der Waals surface area contributed by atoms with Crippen LogP contribution in [0, 0.1) is 13.8 Å². The molecule has 0 fully saturated rings. The predicted octanol–water partition coefficient (Wildman–Crippen LogP) is 2.31. The molecule has 2 aromatic carbocycles. The summed E-state index contributed by atoms with van der Waals surface area (Å²) in [7, 11) is 0. The molecular formula is C18H20N2O3. The monoisotopic (exact) mass is 312 g/mol. The molecule has 23 heavy (non-hydrogen) atoms. The van der Waals surface area contributed by atoms with Crippen LogP contribution < -0.4 is 10.6 Å². The minimum atomic E-state index is -0.686. The van der Waals surface area contributed by atoms with Gasteiger partial charge in [0, 0.05) is 12.2 Å². The second kappa shape index (κ2) is 7.45. The van der Waals surface area contributed by atoms with Crippen molar-refractivity contribution in [1.82, 2.24) is 5.32 Å². The van der Waals surface area contributed by atoms with Gasteiger partial charge in [0.15, 0.2) is 0 Å². The Morgan fingerprint density at radius 3 is 2.57 bits per heavy atom. The van der Waals surface area contributed by atoms with E-state index in [0.29, 0.717) is 18.7 Å². The fourth-order valence-electron chi connectivity index (χ4n) is 2.16. The molecule has 120 valence electrons. The smallest absolute Gasteiger partial charge is 0.313 e. The van der Waals surface area contributed by atoms with E-state index in [2.05, 4.69) is 10.6 Å². The third-order valence-electron chi connectivity index (χ3n) is 3.46. The number of aromatic hydroxyl groups is 1. The molecule has 2 amide bonds. The zero-order chi connectivity index (χ0) is 16.8. The third-order valence-corrected chi connectivity index (χ3v) is 3.46. The molecule has 0 aliphatic heterocycles. The van der Waals surface area contributed by atoms with Gasteiger partial charge < -0.3 is 15.7 Å². The van der Waals surface area contributed by atoms with Crippen LogP contribution in [-0.2, 0) is 16.0 Å². The molecular weight excluding hydrogens is 292 g/mol. The highest BCUT2D eigenvalue weighted by atomic mass is 16.3. The third kappa shape index (κ3) is 4.85. The van der Waals surface area contributed by atoms with Crippen LogP contribution >= 0.6 is 0 Å². The van der Waals surface area contributed by atoms with Crippen molar-refractivity contribution in [1.29, 1.82) is 0 Å². The molecule has 2 rings (SSSR count). The van der Waals surface area contributed by atoms with Crippen LogP contribution in [0.5, 0.6) is 5.75 Å². The van der Waals surface area contributed by atoms with Gasteiger partial charge in [0.2, 0.25) is 0 Å². The average molecular weight is 312 g/mol. The molecule has 0 aromatic heterocycles. The van der Waals surface area contributed by atoms with E-state index < -0.39 is 11.8 Å². The number of phenols is 1. The van der Waals surface area contributed by atoms with Crippen LogP contribution in [0.1, 0.15) is 16.7 Å². The van der Waals surface area contributed by atoms with Crippen molar-refractivity contribution in [2.45, 2.75) is 20.3 Å². The molecule has 0 atom stereocenters. The number of anilines is 1. The summed E-state index contributed by atoms with van der Waals surface area (Å²) in [5.41, 5.74) is 3.44. The number of rotatable bonds is 4. The predicted molar refractivity (Wildman–Crippen MR) is 89.4 cm³/mol. The summed E-state index contributed by atoms with van der Waals surface area (Å²) >= 11 is 0. The normalized spacial score (nSPS) is 10.2. The molecule has 0 aliphatic rings. The van der Waals surface area contributed by atoms with Crippen LogP contribution in [-0.4, -0.2) is 23.5 Å². The van der Waals surface area contributed by atoms with Crippen LogP contribution in [0.2, 0.25) is 0 Å². The number of amides is 2. The minimum Gasteiger partial charge on any atom is -0.508 e. The van der Waals surface area contributed by atoms with Crippen molar-refractivity contribution in [3.8, 4) is 5.75 Å². The number of aryl methyl sites for hydroxylation is 2. The fraction of sp³-hybridized carbons (Fsp3) is 0.222. The topological polar surface area (TPSA) is 78.4 Å². The first-order valence-corrected chi connectivity index (χ1v) is 7.40. The second-order valence-electron chi connectivity index (χ2n) is 5.45. The lowest BCUT2D eigenvalue weighted by Crippen LogP contribution is -2.36. The maximum Gasteiger partial charge on any atom is 0.313 e. The highest BCUT2D eigenvalue weighted by molar-refractivity contribution is 6.39. The molecule has 0 saturated heterocycles. The first kappa shape index (κ1) is 16.5. The Bertz CT molecular complexity index is 726. The summed E-state index contributed by atoms with van der Waals surface area (Å²) in [5, 5.41) is 14.6. The molecule has 3 N–H and O–H groups in total. The van der Waals surface area contributed by atoms with Gasteiger partial charge in [0.05, 0.1) is 0 Å². The molecule has 0 unspecified atom stereocenters. The number of hydrogen-bond acceptors (Lipinski definition) is 3. The fourth-order valence-corrected chi connectivity index (χ4v) is 2.16. The lowest BCUT2D eigenvalue weighted by Gasteiger charge is -2.09. The van der Waals surface area contributed by atoms with Crippen LogP contribution in [0.25, 0.3) is 0 Å². The first-order chi connectivity index (χ1) is 11.0. The number of carbonyl (C=O) groups excluding carboxylic acids is 2. The molecule has 5 nitrogen and oxygen atoms in total. The lowest BCUT2D eigenvalue weighted by atomic mass is 10.1. The summed E-state index contributed by atoms with van der Waals surface area (Å²) in [6.07, 6.45) is 0.539. The number of phenolic OH excluding ortho intramolecular Hbond substituents is 1. The average Bonchev–Trinajstić information content (AvgIpc) is 2.51. The van der Waals surface area contributed by atoms with Crippen LogP contribution in [0.15, 0.2) is 42.5 Å². The van der Waals surface area contributed by atoms with E-state index >= 15 is 0 Å². The van der Waals surface area contributed by atoms with Gasteiger partial charge in [-0.15, -0.1) is 0 Å². The summed E-state index contributed by atoms with van der Waals surface area (Å²) in [6, 6.07) is 12.5. The number of nitrogens with one attached hydrogen (secondary N) is 2. The van der Waals surface area contributed by atoms with Gasteiger partial charge in [-0.25, -0.2) is 0 Å². The lowest BCUT2D eigenvalue weighted by molar-refractivity contribution is -0.136.